The first kappa shape index (κ1) is 21.9. The number of hydrogen-bond acceptors (Lipinski definition) is 5. The molecule has 8 nitrogen and oxygen atoms in total. The average Bonchev–Trinajstić information content (AvgIpc) is 2.63. The van der Waals surface area contributed by atoms with E-state index in [-0.39, 0.29) is 29.7 Å². The van der Waals surface area contributed by atoms with Crippen molar-refractivity contribution in [2.45, 2.75) is 6.92 Å². The summed E-state index contributed by atoms with van der Waals surface area (Å²) >= 11 is 0. The number of aliphatic imine (C=N–C) groups is 1. The second kappa shape index (κ2) is 10.8. The summed E-state index contributed by atoms with van der Waals surface area (Å²) in [6.07, 6.45) is 1.81. The largest absolute Gasteiger partial charge is 0.355 e. The van der Waals surface area contributed by atoms with Crippen LogP contribution in [0.25, 0.3) is 0 Å². The molecule has 2 rings (SSSR count). The molecular weight excluding hydrogens is 455 g/mol. The molecule has 1 fully saturated rings. The Kier molecular flexibility index (Phi) is 9.43. The Balaban J connectivity index is 0.00000312. The summed E-state index contributed by atoms with van der Waals surface area (Å²) in [6.45, 7) is 5.92. The Morgan fingerprint density at radius 3 is 2.52 bits per heavy atom. The molecule has 0 amide bonds. The van der Waals surface area contributed by atoms with Gasteiger partial charge in [-0.3, -0.25) is 4.99 Å². The van der Waals surface area contributed by atoms with Crippen LogP contribution in [0.3, 0.4) is 0 Å². The van der Waals surface area contributed by atoms with Crippen molar-refractivity contribution in [3.05, 3.63) is 24.4 Å². The summed E-state index contributed by atoms with van der Waals surface area (Å²) in [5.41, 5.74) is 0. The number of hydrogen-bond donors (Lipinski definition) is 2. The SMILES string of the molecule is CCS(=O)(=O)NCCNC(=NC)N1CCN(c2ccccn2)CC1.I. The van der Waals surface area contributed by atoms with Crippen LogP contribution in [0.1, 0.15) is 6.92 Å². The van der Waals surface area contributed by atoms with E-state index >= 15 is 0 Å². The molecule has 1 aliphatic heterocycles. The number of guanidine groups is 1. The van der Waals surface area contributed by atoms with E-state index in [4.69, 9.17) is 0 Å². The number of sulfonamides is 1. The maximum Gasteiger partial charge on any atom is 0.211 e. The Bertz CT molecular complexity index is 633. The Labute approximate surface area is 167 Å². The van der Waals surface area contributed by atoms with Gasteiger partial charge in [-0.25, -0.2) is 18.1 Å². The van der Waals surface area contributed by atoms with Gasteiger partial charge in [0.05, 0.1) is 5.75 Å². The van der Waals surface area contributed by atoms with Crippen molar-refractivity contribution in [2.75, 3.05) is 57.0 Å². The predicted octanol–water partition coefficient (Wildman–Crippen LogP) is 0.336. The fourth-order valence-corrected chi connectivity index (χ4v) is 3.12. The van der Waals surface area contributed by atoms with Crippen LogP contribution in [0.5, 0.6) is 0 Å². The van der Waals surface area contributed by atoms with Gasteiger partial charge in [0.2, 0.25) is 10.0 Å². The zero-order valence-corrected chi connectivity index (χ0v) is 17.8. The molecule has 142 valence electrons. The van der Waals surface area contributed by atoms with Gasteiger partial charge in [0, 0.05) is 52.5 Å². The molecule has 10 heteroatoms. The summed E-state index contributed by atoms with van der Waals surface area (Å²) in [6, 6.07) is 5.92. The molecule has 1 aromatic rings. The van der Waals surface area contributed by atoms with Gasteiger partial charge < -0.3 is 15.1 Å². The number of pyridine rings is 1. The van der Waals surface area contributed by atoms with E-state index in [9.17, 15) is 8.42 Å². The lowest BCUT2D eigenvalue weighted by Gasteiger charge is -2.37. The van der Waals surface area contributed by atoms with Crippen molar-refractivity contribution in [1.82, 2.24) is 19.9 Å². The second-order valence-corrected chi connectivity index (χ2v) is 7.53. The molecule has 25 heavy (non-hydrogen) atoms. The first-order valence-electron chi connectivity index (χ1n) is 8.14. The first-order valence-corrected chi connectivity index (χ1v) is 9.80. The van der Waals surface area contributed by atoms with Crippen molar-refractivity contribution in [3.8, 4) is 0 Å². The monoisotopic (exact) mass is 482 g/mol. The fraction of sp³-hybridized carbons (Fsp3) is 0.600. The highest BCUT2D eigenvalue weighted by molar-refractivity contribution is 14.0. The third-order valence-electron chi connectivity index (χ3n) is 3.87. The van der Waals surface area contributed by atoms with Gasteiger partial charge in [0.25, 0.3) is 0 Å². The molecule has 1 aliphatic rings. The summed E-state index contributed by atoms with van der Waals surface area (Å²) in [4.78, 5) is 13.1. The average molecular weight is 482 g/mol. The van der Waals surface area contributed by atoms with Crippen molar-refractivity contribution < 1.29 is 8.42 Å². The summed E-state index contributed by atoms with van der Waals surface area (Å²) in [7, 11) is -1.40. The van der Waals surface area contributed by atoms with E-state index in [0.717, 1.165) is 38.0 Å². The van der Waals surface area contributed by atoms with Crippen molar-refractivity contribution in [2.24, 2.45) is 4.99 Å². The van der Waals surface area contributed by atoms with Gasteiger partial charge in [0.15, 0.2) is 5.96 Å². The number of anilines is 1. The lowest BCUT2D eigenvalue weighted by molar-refractivity contribution is 0.372. The summed E-state index contributed by atoms with van der Waals surface area (Å²) in [5, 5.41) is 3.21. The van der Waals surface area contributed by atoms with E-state index < -0.39 is 10.0 Å². The van der Waals surface area contributed by atoms with E-state index in [1.807, 2.05) is 18.2 Å². The van der Waals surface area contributed by atoms with Gasteiger partial charge in [0.1, 0.15) is 5.82 Å². The Morgan fingerprint density at radius 1 is 1.24 bits per heavy atom. The molecule has 1 aromatic heterocycles. The number of piperazine rings is 1. The van der Waals surface area contributed by atoms with Crippen LogP contribution in [0, 0.1) is 0 Å². The molecule has 1 saturated heterocycles. The number of halogens is 1. The molecular formula is C15H27IN6O2S. The number of rotatable bonds is 6. The van der Waals surface area contributed by atoms with Crippen LogP contribution in [-0.2, 0) is 10.0 Å². The minimum Gasteiger partial charge on any atom is -0.355 e. The molecule has 0 saturated carbocycles. The fourth-order valence-electron chi connectivity index (χ4n) is 2.50. The quantitative estimate of drug-likeness (QED) is 0.263. The molecule has 0 bridgehead atoms. The van der Waals surface area contributed by atoms with Crippen LogP contribution >= 0.6 is 24.0 Å². The summed E-state index contributed by atoms with van der Waals surface area (Å²) in [5.74, 6) is 1.89. The molecule has 2 heterocycles. The van der Waals surface area contributed by atoms with Gasteiger partial charge in [-0.2, -0.15) is 0 Å². The normalized spacial score (nSPS) is 15.7. The highest BCUT2D eigenvalue weighted by atomic mass is 127. The minimum atomic E-state index is -3.14. The lowest BCUT2D eigenvalue weighted by atomic mass is 10.3. The third-order valence-corrected chi connectivity index (χ3v) is 5.28. The predicted molar refractivity (Wildman–Crippen MR) is 112 cm³/mol. The number of aromatic nitrogens is 1. The van der Waals surface area contributed by atoms with Crippen LogP contribution in [-0.4, -0.2) is 76.3 Å². The minimum absolute atomic E-state index is 0. The van der Waals surface area contributed by atoms with Crippen LogP contribution in [0.2, 0.25) is 0 Å². The van der Waals surface area contributed by atoms with Crippen LogP contribution < -0.4 is 14.9 Å². The molecule has 0 aromatic carbocycles. The topological polar surface area (TPSA) is 89.9 Å². The van der Waals surface area contributed by atoms with Crippen molar-refractivity contribution in [1.29, 1.82) is 0 Å². The Hall–Kier alpha value is -1.14. The standard InChI is InChI=1S/C15H26N6O2S.HI/c1-3-24(22,23)19-9-8-18-15(16-2)21-12-10-20(11-13-21)14-6-4-5-7-17-14;/h4-7,19H,3,8-13H2,1-2H3,(H,16,18);1H. The highest BCUT2D eigenvalue weighted by Crippen LogP contribution is 2.12. The molecule has 0 aliphatic carbocycles. The Morgan fingerprint density at radius 2 is 1.96 bits per heavy atom. The zero-order valence-electron chi connectivity index (χ0n) is 14.7. The van der Waals surface area contributed by atoms with Gasteiger partial charge >= 0.3 is 0 Å². The first-order chi connectivity index (χ1) is 11.6. The maximum absolute atomic E-state index is 11.4. The van der Waals surface area contributed by atoms with Gasteiger partial charge in [-0.15, -0.1) is 24.0 Å². The molecule has 0 unspecified atom stereocenters. The third kappa shape index (κ3) is 6.94. The van der Waals surface area contributed by atoms with E-state index in [1.54, 1.807) is 20.2 Å². The van der Waals surface area contributed by atoms with Crippen molar-refractivity contribution >= 4 is 45.8 Å². The van der Waals surface area contributed by atoms with Crippen molar-refractivity contribution in [3.63, 3.8) is 0 Å². The van der Waals surface area contributed by atoms with E-state index in [0.29, 0.717) is 13.1 Å². The molecule has 0 radical (unpaired) electrons. The van der Waals surface area contributed by atoms with Gasteiger partial charge in [-0.1, -0.05) is 6.07 Å². The number of nitrogens with one attached hydrogen (secondary N) is 2. The van der Waals surface area contributed by atoms with E-state index in [2.05, 4.69) is 29.8 Å². The van der Waals surface area contributed by atoms with E-state index in [1.165, 1.54) is 0 Å². The molecule has 0 atom stereocenters. The maximum atomic E-state index is 11.4. The van der Waals surface area contributed by atoms with Crippen LogP contribution in [0.15, 0.2) is 29.4 Å². The smallest absolute Gasteiger partial charge is 0.211 e. The van der Waals surface area contributed by atoms with Gasteiger partial charge in [-0.05, 0) is 19.1 Å². The van der Waals surface area contributed by atoms with Crippen LogP contribution in [0.4, 0.5) is 5.82 Å². The lowest BCUT2D eigenvalue weighted by Crippen LogP contribution is -2.53. The highest BCUT2D eigenvalue weighted by Gasteiger charge is 2.20. The molecule has 0 spiro atoms. The number of nitrogens with zero attached hydrogens (tertiary/aromatic N) is 4. The second-order valence-electron chi connectivity index (χ2n) is 5.43. The zero-order chi connectivity index (χ0) is 17.4. The summed E-state index contributed by atoms with van der Waals surface area (Å²) < 4.78 is 25.3. The molecule has 2 N–H and O–H groups in total.